The maximum absolute atomic E-state index is 12.6. The number of nitrogens with zero attached hydrogens (tertiary/aromatic N) is 1. The Morgan fingerprint density at radius 3 is 1.98 bits per heavy atom. The second kappa shape index (κ2) is 27.1. The fourth-order valence-electron chi connectivity index (χ4n) is 6.20. The van der Waals surface area contributed by atoms with Crippen LogP contribution in [0.4, 0.5) is 17.1 Å². The zero-order valence-electron chi connectivity index (χ0n) is 31.6. The van der Waals surface area contributed by atoms with Crippen LogP contribution in [0.15, 0.2) is 36.4 Å². The van der Waals surface area contributed by atoms with Crippen LogP contribution in [0, 0.1) is 17.8 Å². The molecule has 13 nitrogen and oxygen atoms in total. The summed E-state index contributed by atoms with van der Waals surface area (Å²) in [6.07, 6.45) is 4.72. The quantitative estimate of drug-likeness (QED) is 0.0820. The minimum Gasteiger partial charge on any atom is -0.507 e. The first-order valence-corrected chi connectivity index (χ1v) is 18.2. The van der Waals surface area contributed by atoms with Crippen molar-refractivity contribution in [3.63, 3.8) is 0 Å². The predicted octanol–water partition coefficient (Wildman–Crippen LogP) is 4.16. The molecule has 52 heavy (non-hydrogen) atoms. The summed E-state index contributed by atoms with van der Waals surface area (Å²) in [6.45, 7) is 11.1. The lowest BCUT2D eigenvalue weighted by Gasteiger charge is -2.35. The number of ether oxygens (including phenoxy) is 1. The summed E-state index contributed by atoms with van der Waals surface area (Å²) in [7, 11) is 0. The van der Waals surface area contributed by atoms with Crippen molar-refractivity contribution in [3.8, 4) is 5.75 Å². The molecule has 1 aliphatic carbocycles. The zero-order valence-corrected chi connectivity index (χ0v) is 31.6. The van der Waals surface area contributed by atoms with Crippen molar-refractivity contribution in [1.82, 2.24) is 0 Å². The molecule has 4 rings (SSSR count). The van der Waals surface area contributed by atoms with E-state index in [1.54, 1.807) is 6.07 Å². The first-order valence-electron chi connectivity index (χ1n) is 18.2. The average molecular weight is 740 g/mol. The van der Waals surface area contributed by atoms with E-state index in [0.29, 0.717) is 30.9 Å². The third-order valence-electron chi connectivity index (χ3n) is 9.15. The van der Waals surface area contributed by atoms with Gasteiger partial charge in [0.15, 0.2) is 5.78 Å². The van der Waals surface area contributed by atoms with Gasteiger partial charge in [0.2, 0.25) is 0 Å². The Kier molecular flexibility index (Phi) is 25.2. The molecule has 0 amide bonds. The number of ketones is 3. The first-order chi connectivity index (χ1) is 24.4. The highest BCUT2D eigenvalue weighted by atomic mass is 16.5. The van der Waals surface area contributed by atoms with E-state index >= 15 is 0 Å². The Hall–Kier alpha value is -3.59. The van der Waals surface area contributed by atoms with E-state index in [2.05, 4.69) is 30.9 Å². The first kappa shape index (κ1) is 48.4. The second-order valence-corrected chi connectivity index (χ2v) is 13.1. The van der Waals surface area contributed by atoms with E-state index in [1.807, 2.05) is 19.1 Å². The zero-order chi connectivity index (χ0) is 38.3. The highest BCUT2D eigenvalue weighted by molar-refractivity contribution is 6.03. The summed E-state index contributed by atoms with van der Waals surface area (Å²) in [6, 6.07) is 11.0. The lowest BCUT2D eigenvalue weighted by molar-refractivity contribution is -0.131. The van der Waals surface area contributed by atoms with Crippen LogP contribution < -0.4 is 16.4 Å². The number of fused-ring (bicyclic) bond motifs is 1. The lowest BCUT2D eigenvalue weighted by Crippen LogP contribution is -2.36. The van der Waals surface area contributed by atoms with Gasteiger partial charge in [0, 0.05) is 65.2 Å². The van der Waals surface area contributed by atoms with Crippen molar-refractivity contribution in [2.45, 2.75) is 85.0 Å². The SMILES string of the molecule is CC(=O)CC(=O)C(CO)C(CCO)CC1CC(=O)c2c(O)ccc(N)c2C1C.CCCCO.CCCCO.Nc1ccc(N2CCOCC2)cc1.O.[HH].[HH]. The van der Waals surface area contributed by atoms with E-state index in [-0.39, 0.29) is 80.6 Å². The third kappa shape index (κ3) is 16.4. The van der Waals surface area contributed by atoms with E-state index in [9.17, 15) is 29.7 Å². The number of rotatable bonds is 14. The fraction of sp³-hybridized carbons (Fsp3) is 0.615. The van der Waals surface area contributed by atoms with Crippen molar-refractivity contribution in [2.75, 3.05) is 69.1 Å². The van der Waals surface area contributed by atoms with E-state index < -0.39 is 12.5 Å². The molecule has 0 bridgehead atoms. The summed E-state index contributed by atoms with van der Waals surface area (Å²) in [4.78, 5) is 38.7. The molecule has 1 saturated heterocycles. The standard InChI is InChI=1S/C21H29NO6.C10H14N2O.2C4H10O.H2O.2H2/c1-11(25)7-18(27)15(10-24)13(5-6-23)8-14-9-19(28)21-17(26)4-3-16(22)20(21)12(14)2;11-9-1-3-10(4-2-9)12-5-7-13-8-6-12;2*1-2-3-4-5;;;/h3-4,12-15,23-24,26H,5-10,22H2,1-2H3;1-4H,5-8,11H2;2*5H,2-4H2,1H3;1H2;2*1H. The van der Waals surface area contributed by atoms with Gasteiger partial charge in [-0.25, -0.2) is 0 Å². The second-order valence-electron chi connectivity index (χ2n) is 13.1. The number of nitrogens with two attached hydrogens (primary N) is 2. The number of anilines is 3. The lowest BCUT2D eigenvalue weighted by atomic mass is 9.68. The molecule has 0 saturated carbocycles. The van der Waals surface area contributed by atoms with Crippen molar-refractivity contribution >= 4 is 34.4 Å². The fourth-order valence-corrected chi connectivity index (χ4v) is 6.20. The van der Waals surface area contributed by atoms with Crippen LogP contribution in [0.5, 0.6) is 5.75 Å². The molecule has 1 heterocycles. The number of carbonyl (C=O) groups excluding carboxylic acids is 3. The smallest absolute Gasteiger partial charge is 0.167 e. The van der Waals surface area contributed by atoms with Crippen LogP contribution in [0.25, 0.3) is 0 Å². The highest BCUT2D eigenvalue weighted by Gasteiger charge is 2.38. The molecule has 4 atom stereocenters. The minimum atomic E-state index is -0.763. The Morgan fingerprint density at radius 1 is 0.942 bits per heavy atom. The molecule has 2 aromatic carbocycles. The Morgan fingerprint density at radius 2 is 1.52 bits per heavy atom. The summed E-state index contributed by atoms with van der Waals surface area (Å²) in [5.41, 5.74) is 15.0. The van der Waals surface area contributed by atoms with Crippen molar-refractivity contribution in [3.05, 3.63) is 47.5 Å². The number of Topliss-reactive ketones (excluding diaryl/α,β-unsaturated/α-hetero) is 3. The van der Waals surface area contributed by atoms with Gasteiger partial charge >= 0.3 is 0 Å². The molecular weight excluding hydrogens is 670 g/mol. The molecule has 0 aromatic heterocycles. The van der Waals surface area contributed by atoms with Crippen LogP contribution in [0.1, 0.15) is 104 Å². The number of hydrogen-bond acceptors (Lipinski definition) is 12. The molecule has 1 fully saturated rings. The normalized spacial score (nSPS) is 17.3. The van der Waals surface area contributed by atoms with Crippen LogP contribution in [-0.4, -0.2) is 101 Å². The Bertz CT molecular complexity index is 1300. The molecule has 4 unspecified atom stereocenters. The number of aromatic hydroxyl groups is 1. The number of benzene rings is 2. The average Bonchev–Trinajstić information content (AvgIpc) is 3.10. The number of phenols is 1. The minimum absolute atomic E-state index is 0. The molecule has 0 spiro atoms. The summed E-state index contributed by atoms with van der Waals surface area (Å²) < 4.78 is 5.28. The number of unbranched alkanes of at least 4 members (excludes halogenated alkanes) is 2. The molecule has 0 radical (unpaired) electrons. The maximum Gasteiger partial charge on any atom is 0.167 e. The van der Waals surface area contributed by atoms with Gasteiger partial charge in [-0.05, 0) is 92.3 Å². The number of nitrogen functional groups attached to an aromatic ring is 2. The van der Waals surface area contributed by atoms with Gasteiger partial charge < -0.3 is 52.1 Å². The summed E-state index contributed by atoms with van der Waals surface area (Å²) in [5, 5.41) is 45.4. The largest absolute Gasteiger partial charge is 0.507 e. The topological polar surface area (TPSA) is 248 Å². The summed E-state index contributed by atoms with van der Waals surface area (Å²) in [5.74, 6) is -2.32. The van der Waals surface area contributed by atoms with Crippen molar-refractivity contribution in [2.24, 2.45) is 17.8 Å². The van der Waals surface area contributed by atoms with Crippen LogP contribution in [0.3, 0.4) is 0 Å². The van der Waals surface area contributed by atoms with Crippen LogP contribution in [0.2, 0.25) is 0 Å². The van der Waals surface area contributed by atoms with Gasteiger partial charge in [-0.15, -0.1) is 0 Å². The third-order valence-corrected chi connectivity index (χ3v) is 9.15. The maximum atomic E-state index is 12.6. The van der Waals surface area contributed by atoms with Gasteiger partial charge in [-0.2, -0.15) is 0 Å². The van der Waals surface area contributed by atoms with Crippen molar-refractivity contribution < 1.29 is 53.0 Å². The molecule has 11 N–H and O–H groups in total. The number of aliphatic hydroxyl groups excluding tert-OH is 4. The summed E-state index contributed by atoms with van der Waals surface area (Å²) >= 11 is 0. The van der Waals surface area contributed by atoms with Gasteiger partial charge in [0.25, 0.3) is 0 Å². The van der Waals surface area contributed by atoms with Gasteiger partial charge in [0.1, 0.15) is 17.3 Å². The number of aliphatic hydroxyl groups is 4. The molecule has 13 heteroatoms. The van der Waals surface area contributed by atoms with Gasteiger partial charge in [-0.3, -0.25) is 14.4 Å². The van der Waals surface area contributed by atoms with E-state index in [4.69, 9.17) is 26.4 Å². The van der Waals surface area contributed by atoms with E-state index in [1.165, 1.54) is 18.7 Å². The molecular formula is C39H69N3O10. The molecule has 2 aromatic rings. The van der Waals surface area contributed by atoms with Crippen LogP contribution in [-0.2, 0) is 14.3 Å². The number of hydrogen-bond donors (Lipinski definition) is 7. The van der Waals surface area contributed by atoms with Gasteiger partial charge in [-0.1, -0.05) is 33.6 Å². The number of carbonyl (C=O) groups is 3. The number of phenolic OH excluding ortho intramolecular Hbond substituents is 1. The van der Waals surface area contributed by atoms with Crippen LogP contribution >= 0.6 is 0 Å². The molecule has 1 aliphatic heterocycles. The molecule has 300 valence electrons. The Balaban J connectivity index is -0.000000826. The molecule has 2 aliphatic rings. The Labute approximate surface area is 312 Å². The van der Waals surface area contributed by atoms with Gasteiger partial charge in [0.05, 0.1) is 31.8 Å². The van der Waals surface area contributed by atoms with Crippen molar-refractivity contribution in [1.29, 1.82) is 0 Å². The highest BCUT2D eigenvalue weighted by Crippen LogP contribution is 2.45. The predicted molar refractivity (Wildman–Crippen MR) is 210 cm³/mol. The van der Waals surface area contributed by atoms with E-state index in [0.717, 1.165) is 57.7 Å². The number of morpholine rings is 1. The monoisotopic (exact) mass is 739 g/mol.